The van der Waals surface area contributed by atoms with Gasteiger partial charge in [0, 0.05) is 23.3 Å². The highest BCUT2D eigenvalue weighted by Gasteiger charge is 2.38. The molecule has 2 heterocycles. The monoisotopic (exact) mass is 437 g/mol. The van der Waals surface area contributed by atoms with Crippen LogP contribution in [0.5, 0.6) is 0 Å². The van der Waals surface area contributed by atoms with E-state index in [-0.39, 0.29) is 0 Å². The van der Waals surface area contributed by atoms with Crippen LogP contribution >= 0.6 is 0 Å². The number of hydrogen-bond acceptors (Lipinski definition) is 2. The quantitative estimate of drug-likeness (QED) is 0.274. The number of para-hydroxylation sites is 1. The first-order chi connectivity index (χ1) is 16.9. The van der Waals surface area contributed by atoms with Crippen LogP contribution in [0.3, 0.4) is 0 Å². The first-order valence-corrected chi connectivity index (χ1v) is 11.4. The number of benzene rings is 4. The summed E-state index contributed by atoms with van der Waals surface area (Å²) in [5.74, 6) is 0. The number of hydrogen-bond donors (Lipinski definition) is 0. The van der Waals surface area contributed by atoms with Crippen molar-refractivity contribution in [1.82, 2.24) is 14.5 Å². The van der Waals surface area contributed by atoms with Gasteiger partial charge in [0.25, 0.3) is 0 Å². The van der Waals surface area contributed by atoms with Crippen molar-refractivity contribution >= 4 is 10.9 Å². The molecule has 6 rings (SSSR count). The van der Waals surface area contributed by atoms with E-state index >= 15 is 0 Å². The molecule has 0 bridgehead atoms. The predicted molar refractivity (Wildman–Crippen MR) is 138 cm³/mol. The maximum Gasteiger partial charge on any atom is 0.121 e. The van der Waals surface area contributed by atoms with Crippen molar-refractivity contribution in [3.05, 3.63) is 157 Å². The van der Waals surface area contributed by atoms with Crippen molar-refractivity contribution in [3.63, 3.8) is 0 Å². The third-order valence-electron chi connectivity index (χ3n) is 6.47. The first-order valence-electron chi connectivity index (χ1n) is 11.4. The summed E-state index contributed by atoms with van der Waals surface area (Å²) in [6, 6.07) is 42.2. The Morgan fingerprint density at radius 2 is 1.06 bits per heavy atom. The molecular formula is C31H23N3. The van der Waals surface area contributed by atoms with Crippen LogP contribution in [0, 0.1) is 0 Å². The minimum atomic E-state index is -0.572. The van der Waals surface area contributed by atoms with Crippen LogP contribution < -0.4 is 0 Å². The van der Waals surface area contributed by atoms with E-state index in [1.165, 1.54) is 16.7 Å². The number of rotatable bonds is 5. The van der Waals surface area contributed by atoms with E-state index in [0.717, 1.165) is 22.2 Å². The van der Waals surface area contributed by atoms with Gasteiger partial charge in [0.2, 0.25) is 0 Å². The maximum absolute atomic E-state index is 4.91. The van der Waals surface area contributed by atoms with Crippen molar-refractivity contribution in [3.8, 4) is 11.3 Å². The molecule has 0 aliphatic rings. The molecule has 0 unspecified atom stereocenters. The Morgan fingerprint density at radius 1 is 0.529 bits per heavy atom. The topological polar surface area (TPSA) is 30.7 Å². The first kappa shape index (κ1) is 20.1. The Bertz CT molecular complexity index is 1440. The second-order valence-electron chi connectivity index (χ2n) is 8.35. The molecule has 162 valence electrons. The van der Waals surface area contributed by atoms with Gasteiger partial charge in [-0.2, -0.15) is 0 Å². The Morgan fingerprint density at radius 3 is 1.65 bits per heavy atom. The molecule has 0 saturated heterocycles. The van der Waals surface area contributed by atoms with Gasteiger partial charge in [-0.3, -0.25) is 4.98 Å². The molecule has 3 heteroatoms. The maximum atomic E-state index is 4.91. The minimum Gasteiger partial charge on any atom is -0.318 e. The molecule has 3 nitrogen and oxygen atoms in total. The van der Waals surface area contributed by atoms with E-state index in [1.807, 2.05) is 36.8 Å². The van der Waals surface area contributed by atoms with Gasteiger partial charge in [-0.05, 0) is 28.8 Å². The lowest BCUT2D eigenvalue weighted by Crippen LogP contribution is -2.36. The average molecular weight is 438 g/mol. The van der Waals surface area contributed by atoms with Crippen LogP contribution in [0.15, 0.2) is 140 Å². The molecule has 0 radical (unpaired) electrons. The molecule has 0 N–H and O–H groups in total. The highest BCUT2D eigenvalue weighted by molar-refractivity contribution is 5.93. The van der Waals surface area contributed by atoms with Gasteiger partial charge in [0.1, 0.15) is 5.54 Å². The highest BCUT2D eigenvalue weighted by atomic mass is 15.1. The second kappa shape index (κ2) is 8.45. The summed E-state index contributed by atoms with van der Waals surface area (Å²) in [5, 5.41) is 1.10. The molecule has 0 saturated carbocycles. The lowest BCUT2D eigenvalue weighted by Gasteiger charge is -2.37. The molecule has 2 aromatic heterocycles. The summed E-state index contributed by atoms with van der Waals surface area (Å²) in [7, 11) is 0. The van der Waals surface area contributed by atoms with Crippen molar-refractivity contribution < 1.29 is 0 Å². The largest absolute Gasteiger partial charge is 0.318 e. The fourth-order valence-electron chi connectivity index (χ4n) is 4.95. The lowest BCUT2D eigenvalue weighted by molar-refractivity contribution is 0.515. The van der Waals surface area contributed by atoms with E-state index in [2.05, 4.69) is 113 Å². The van der Waals surface area contributed by atoms with Crippen LogP contribution in [0.2, 0.25) is 0 Å². The van der Waals surface area contributed by atoms with E-state index < -0.39 is 5.54 Å². The molecule has 0 amide bonds. The normalized spacial score (nSPS) is 11.5. The number of pyridine rings is 1. The van der Waals surface area contributed by atoms with Crippen LogP contribution in [-0.2, 0) is 5.54 Å². The lowest BCUT2D eigenvalue weighted by atomic mass is 9.77. The summed E-state index contributed by atoms with van der Waals surface area (Å²) in [6.45, 7) is 0. The van der Waals surface area contributed by atoms with Gasteiger partial charge in [-0.25, -0.2) is 4.98 Å². The van der Waals surface area contributed by atoms with Crippen LogP contribution in [0.1, 0.15) is 16.7 Å². The van der Waals surface area contributed by atoms with Gasteiger partial charge in [-0.1, -0.05) is 109 Å². The number of imidazole rings is 1. The summed E-state index contributed by atoms with van der Waals surface area (Å²) >= 11 is 0. The van der Waals surface area contributed by atoms with Gasteiger partial charge in [-0.15, -0.1) is 0 Å². The fraction of sp³-hybridized carbons (Fsp3) is 0.0323. The molecule has 4 aromatic carbocycles. The van der Waals surface area contributed by atoms with Gasteiger partial charge >= 0.3 is 0 Å². The van der Waals surface area contributed by atoms with Crippen molar-refractivity contribution in [2.45, 2.75) is 5.54 Å². The summed E-state index contributed by atoms with van der Waals surface area (Å²) in [4.78, 5) is 9.45. The molecule has 6 aromatic rings. The van der Waals surface area contributed by atoms with Crippen LogP contribution in [0.25, 0.3) is 22.2 Å². The van der Waals surface area contributed by atoms with Crippen molar-refractivity contribution in [1.29, 1.82) is 0 Å². The highest BCUT2D eigenvalue weighted by Crippen LogP contribution is 2.41. The molecule has 0 aliphatic carbocycles. The molecule has 0 spiro atoms. The third-order valence-corrected chi connectivity index (χ3v) is 6.47. The zero-order valence-corrected chi connectivity index (χ0v) is 18.6. The summed E-state index contributed by atoms with van der Waals surface area (Å²) < 4.78 is 2.25. The van der Waals surface area contributed by atoms with Gasteiger partial charge < -0.3 is 4.57 Å². The number of aromatic nitrogens is 3. The van der Waals surface area contributed by atoms with E-state index in [1.54, 1.807) is 0 Å². The zero-order valence-electron chi connectivity index (χ0n) is 18.6. The Labute approximate surface area is 199 Å². The minimum absolute atomic E-state index is 0.572. The summed E-state index contributed by atoms with van der Waals surface area (Å²) in [6.07, 6.45) is 5.97. The fourth-order valence-corrected chi connectivity index (χ4v) is 4.95. The smallest absolute Gasteiger partial charge is 0.121 e. The Balaban J connectivity index is 1.65. The average Bonchev–Trinajstić information content (AvgIpc) is 3.41. The molecule has 0 aliphatic heterocycles. The van der Waals surface area contributed by atoms with Gasteiger partial charge in [0.15, 0.2) is 0 Å². The second-order valence-corrected chi connectivity index (χ2v) is 8.35. The Kier molecular flexibility index (Phi) is 5.00. The molecular weight excluding hydrogens is 414 g/mol. The molecule has 34 heavy (non-hydrogen) atoms. The SMILES string of the molecule is c1ccc(C(c2ccccc2)(c2ccccc2)n2cnc(-c3ccnc4ccccc34)c2)cc1. The van der Waals surface area contributed by atoms with Crippen LogP contribution in [0.4, 0.5) is 0 Å². The zero-order chi connectivity index (χ0) is 22.8. The van der Waals surface area contributed by atoms with E-state index in [4.69, 9.17) is 4.98 Å². The van der Waals surface area contributed by atoms with Crippen molar-refractivity contribution in [2.24, 2.45) is 0 Å². The van der Waals surface area contributed by atoms with E-state index in [0.29, 0.717) is 0 Å². The number of nitrogens with zero attached hydrogens (tertiary/aromatic N) is 3. The summed E-state index contributed by atoms with van der Waals surface area (Å²) in [5.41, 5.74) is 5.92. The van der Waals surface area contributed by atoms with Crippen molar-refractivity contribution in [2.75, 3.05) is 0 Å². The van der Waals surface area contributed by atoms with E-state index in [9.17, 15) is 0 Å². The van der Waals surface area contributed by atoms with Crippen LogP contribution in [-0.4, -0.2) is 14.5 Å². The molecule has 0 fully saturated rings. The van der Waals surface area contributed by atoms with Gasteiger partial charge in [0.05, 0.1) is 17.5 Å². The number of fused-ring (bicyclic) bond motifs is 1. The predicted octanol–water partition coefficient (Wildman–Crippen LogP) is 6.94. The third kappa shape index (κ3) is 3.22. The molecule has 0 atom stereocenters. The Hall–Kier alpha value is -4.50. The standard InChI is InChI=1S/C31H23N3/c1-4-12-24(13-5-1)31(25-14-6-2-7-15-25,26-16-8-3-9-17-26)34-22-30(33-23-34)28-20-21-32-29-19-11-10-18-27(28)29/h1-23H.